The molecule has 15 heavy (non-hydrogen) atoms. The Morgan fingerprint density at radius 2 is 2.20 bits per heavy atom. The molecule has 0 aliphatic rings. The second-order valence-electron chi connectivity index (χ2n) is 2.68. The summed E-state index contributed by atoms with van der Waals surface area (Å²) in [6.45, 7) is 0. The van der Waals surface area contributed by atoms with Gasteiger partial charge in [0.05, 0.1) is 12.7 Å². The van der Waals surface area contributed by atoms with Crippen molar-refractivity contribution in [2.75, 3.05) is 7.11 Å². The zero-order valence-electron chi connectivity index (χ0n) is 7.70. The van der Waals surface area contributed by atoms with Gasteiger partial charge >= 0.3 is 0 Å². The maximum atomic E-state index is 13.6. The molecule has 0 radical (unpaired) electrons. The Morgan fingerprint density at radius 3 is 2.80 bits per heavy atom. The summed E-state index contributed by atoms with van der Waals surface area (Å²) in [5.41, 5.74) is 0.350. The minimum absolute atomic E-state index is 0.350. The summed E-state index contributed by atoms with van der Waals surface area (Å²) < 4.78 is 19.3. The van der Waals surface area contributed by atoms with Gasteiger partial charge in [0.25, 0.3) is 0 Å². The normalized spacial score (nSPS) is 10.3. The molecule has 0 fully saturated rings. The van der Waals surface area contributed by atoms with Gasteiger partial charge in [-0.2, -0.15) is 0 Å². The van der Waals surface area contributed by atoms with Crippen LogP contribution in [0.15, 0.2) is 22.1 Å². The monoisotopic (exact) mass is 288 g/mol. The standard InChI is InChI=1S/C9H6BrFN2OS/c1-14-6-4-2-3-5(11)7(6)8-12-13-9(10)15-8/h2-4H,1H3. The molecule has 1 heterocycles. The van der Waals surface area contributed by atoms with Gasteiger partial charge in [0.1, 0.15) is 11.6 Å². The number of aromatic nitrogens is 2. The first-order chi connectivity index (χ1) is 7.22. The van der Waals surface area contributed by atoms with E-state index in [1.165, 1.54) is 24.5 Å². The zero-order valence-corrected chi connectivity index (χ0v) is 10.1. The highest BCUT2D eigenvalue weighted by Gasteiger charge is 2.15. The van der Waals surface area contributed by atoms with Gasteiger partial charge in [-0.25, -0.2) is 4.39 Å². The number of halogens is 2. The third-order valence-corrected chi connectivity index (χ3v) is 3.18. The minimum Gasteiger partial charge on any atom is -0.496 e. The number of benzene rings is 1. The average Bonchev–Trinajstić information content (AvgIpc) is 2.64. The Morgan fingerprint density at radius 1 is 1.40 bits per heavy atom. The van der Waals surface area contributed by atoms with Crippen molar-refractivity contribution in [2.24, 2.45) is 0 Å². The first-order valence-corrected chi connectivity index (χ1v) is 5.65. The highest BCUT2D eigenvalue weighted by atomic mass is 79.9. The van der Waals surface area contributed by atoms with Gasteiger partial charge in [-0.15, -0.1) is 10.2 Å². The molecule has 0 aliphatic carbocycles. The number of rotatable bonds is 2. The van der Waals surface area contributed by atoms with E-state index in [0.29, 0.717) is 20.2 Å². The van der Waals surface area contributed by atoms with Crippen LogP contribution in [0.2, 0.25) is 0 Å². The third-order valence-electron chi connectivity index (χ3n) is 1.81. The second kappa shape index (κ2) is 4.24. The molecule has 1 aromatic carbocycles. The van der Waals surface area contributed by atoms with E-state index in [0.717, 1.165) is 0 Å². The fourth-order valence-electron chi connectivity index (χ4n) is 1.19. The van der Waals surface area contributed by atoms with Gasteiger partial charge in [-0.3, -0.25) is 0 Å². The SMILES string of the molecule is COc1cccc(F)c1-c1nnc(Br)s1. The smallest absolute Gasteiger partial charge is 0.183 e. The molecule has 0 unspecified atom stereocenters. The first kappa shape index (κ1) is 10.5. The Kier molecular flexibility index (Phi) is 2.97. The number of hydrogen-bond donors (Lipinski definition) is 0. The molecule has 0 saturated heterocycles. The van der Waals surface area contributed by atoms with Crippen molar-refractivity contribution >= 4 is 27.3 Å². The van der Waals surface area contributed by atoms with Gasteiger partial charge in [-0.05, 0) is 28.1 Å². The largest absolute Gasteiger partial charge is 0.496 e. The fraction of sp³-hybridized carbons (Fsp3) is 0.111. The molecule has 0 N–H and O–H groups in total. The van der Waals surface area contributed by atoms with Crippen molar-refractivity contribution in [1.82, 2.24) is 10.2 Å². The highest BCUT2D eigenvalue weighted by molar-refractivity contribution is 9.11. The van der Waals surface area contributed by atoms with Crippen molar-refractivity contribution < 1.29 is 9.13 Å². The molecule has 0 amide bonds. The number of nitrogens with zero attached hydrogens (tertiary/aromatic N) is 2. The Hall–Kier alpha value is -1.01. The van der Waals surface area contributed by atoms with E-state index >= 15 is 0 Å². The molecular formula is C9H6BrFN2OS. The van der Waals surface area contributed by atoms with Crippen LogP contribution in [0, 0.1) is 5.82 Å². The zero-order chi connectivity index (χ0) is 10.8. The lowest BCUT2D eigenvalue weighted by molar-refractivity contribution is 0.413. The number of methoxy groups -OCH3 is 1. The molecule has 78 valence electrons. The first-order valence-electron chi connectivity index (χ1n) is 4.04. The van der Waals surface area contributed by atoms with Crippen LogP contribution in [0.1, 0.15) is 0 Å². The number of hydrogen-bond acceptors (Lipinski definition) is 4. The van der Waals surface area contributed by atoms with Crippen LogP contribution in [-0.2, 0) is 0 Å². The van der Waals surface area contributed by atoms with E-state index in [9.17, 15) is 4.39 Å². The molecule has 6 heteroatoms. The van der Waals surface area contributed by atoms with Crippen LogP contribution < -0.4 is 4.74 Å². The van der Waals surface area contributed by atoms with Gasteiger partial charge in [0.2, 0.25) is 0 Å². The summed E-state index contributed by atoms with van der Waals surface area (Å²) in [5.74, 6) is 0.0941. The maximum Gasteiger partial charge on any atom is 0.183 e. The lowest BCUT2D eigenvalue weighted by Gasteiger charge is -2.05. The molecular weight excluding hydrogens is 283 g/mol. The molecule has 2 rings (SSSR count). The number of ether oxygens (including phenoxy) is 1. The summed E-state index contributed by atoms with van der Waals surface area (Å²) >= 11 is 4.44. The molecule has 3 nitrogen and oxygen atoms in total. The molecule has 2 aromatic rings. The summed E-state index contributed by atoms with van der Waals surface area (Å²) in [5, 5.41) is 8.13. The Labute approximate surface area is 98.0 Å². The molecule has 1 aromatic heterocycles. The van der Waals surface area contributed by atoms with Gasteiger partial charge < -0.3 is 4.74 Å². The maximum absolute atomic E-state index is 13.6. The van der Waals surface area contributed by atoms with Crippen LogP contribution in [0.4, 0.5) is 4.39 Å². The average molecular weight is 289 g/mol. The topological polar surface area (TPSA) is 35.0 Å². The van der Waals surface area contributed by atoms with Crippen molar-refractivity contribution in [1.29, 1.82) is 0 Å². The predicted molar refractivity (Wildman–Crippen MR) is 59.6 cm³/mol. The van der Waals surface area contributed by atoms with Crippen molar-refractivity contribution in [3.05, 3.63) is 27.9 Å². The predicted octanol–water partition coefficient (Wildman–Crippen LogP) is 3.12. The van der Waals surface area contributed by atoms with Gasteiger partial charge in [0.15, 0.2) is 8.92 Å². The van der Waals surface area contributed by atoms with Crippen LogP contribution >= 0.6 is 27.3 Å². The van der Waals surface area contributed by atoms with Crippen molar-refractivity contribution in [2.45, 2.75) is 0 Å². The summed E-state index contributed by atoms with van der Waals surface area (Å²) in [6.07, 6.45) is 0. The van der Waals surface area contributed by atoms with Crippen molar-refractivity contribution in [3.8, 4) is 16.3 Å². The lowest BCUT2D eigenvalue weighted by atomic mass is 10.2. The summed E-state index contributed by atoms with van der Waals surface area (Å²) in [7, 11) is 1.49. The van der Waals surface area contributed by atoms with E-state index in [-0.39, 0.29) is 5.82 Å². The molecule has 0 spiro atoms. The van der Waals surface area contributed by atoms with E-state index < -0.39 is 0 Å². The molecule has 0 saturated carbocycles. The second-order valence-corrected chi connectivity index (χ2v) is 4.93. The van der Waals surface area contributed by atoms with Crippen LogP contribution in [0.25, 0.3) is 10.6 Å². The van der Waals surface area contributed by atoms with Gasteiger partial charge in [0, 0.05) is 0 Å². The molecule has 0 bridgehead atoms. The summed E-state index contributed by atoms with van der Waals surface area (Å²) in [6, 6.07) is 4.65. The van der Waals surface area contributed by atoms with E-state index in [1.807, 2.05) is 0 Å². The third kappa shape index (κ3) is 2.00. The minimum atomic E-state index is -0.363. The van der Waals surface area contributed by atoms with E-state index in [2.05, 4.69) is 26.1 Å². The highest BCUT2D eigenvalue weighted by Crippen LogP contribution is 2.35. The fourth-order valence-corrected chi connectivity index (χ4v) is 2.35. The molecule has 0 aliphatic heterocycles. The molecule has 0 atom stereocenters. The summed E-state index contributed by atoms with van der Waals surface area (Å²) in [4.78, 5) is 0. The van der Waals surface area contributed by atoms with E-state index in [4.69, 9.17) is 4.74 Å². The Balaban J connectivity index is 2.60. The quantitative estimate of drug-likeness (QED) is 0.852. The van der Waals surface area contributed by atoms with Crippen LogP contribution in [-0.4, -0.2) is 17.3 Å². The van der Waals surface area contributed by atoms with Crippen molar-refractivity contribution in [3.63, 3.8) is 0 Å². The van der Waals surface area contributed by atoms with Crippen LogP contribution in [0.5, 0.6) is 5.75 Å². The van der Waals surface area contributed by atoms with Gasteiger partial charge in [-0.1, -0.05) is 17.4 Å². The Bertz CT molecular complexity index is 489. The van der Waals surface area contributed by atoms with Crippen LogP contribution in [0.3, 0.4) is 0 Å². The van der Waals surface area contributed by atoms with E-state index in [1.54, 1.807) is 12.1 Å². The lowest BCUT2D eigenvalue weighted by Crippen LogP contribution is -1.90.